The van der Waals surface area contributed by atoms with Crippen LogP contribution in [0.2, 0.25) is 0 Å². The van der Waals surface area contributed by atoms with Crippen LogP contribution in [0.4, 0.5) is 5.13 Å². The molecule has 3 rings (SSSR count). The maximum Gasteiger partial charge on any atom is 0.230 e. The van der Waals surface area contributed by atoms with Crippen molar-refractivity contribution < 1.29 is 17.9 Å². The van der Waals surface area contributed by atoms with E-state index in [-0.39, 0.29) is 17.4 Å². The van der Waals surface area contributed by atoms with Gasteiger partial charge >= 0.3 is 0 Å². The zero-order valence-corrected chi connectivity index (χ0v) is 14.8. The summed E-state index contributed by atoms with van der Waals surface area (Å²) in [5.74, 6) is 0.0809. The van der Waals surface area contributed by atoms with Gasteiger partial charge in [-0.25, -0.2) is 13.4 Å². The summed E-state index contributed by atoms with van der Waals surface area (Å²) in [6, 6.07) is 7.78. The summed E-state index contributed by atoms with van der Waals surface area (Å²) in [6.07, 6.45) is 2.81. The molecule has 128 valence electrons. The van der Waals surface area contributed by atoms with Crippen molar-refractivity contribution in [2.24, 2.45) is 5.92 Å². The molecule has 0 bridgehead atoms. The van der Waals surface area contributed by atoms with E-state index in [0.717, 1.165) is 16.2 Å². The molecule has 1 saturated heterocycles. The molecule has 2 heterocycles. The van der Waals surface area contributed by atoms with E-state index in [1.807, 2.05) is 24.3 Å². The van der Waals surface area contributed by atoms with Gasteiger partial charge in [0.25, 0.3) is 0 Å². The van der Waals surface area contributed by atoms with Crippen LogP contribution in [0.1, 0.15) is 16.9 Å². The fourth-order valence-electron chi connectivity index (χ4n) is 2.64. The van der Waals surface area contributed by atoms with Crippen LogP contribution in [-0.4, -0.2) is 37.9 Å². The summed E-state index contributed by atoms with van der Waals surface area (Å²) in [5.41, 5.74) is 1.10. The molecule has 0 saturated carbocycles. The number of hydrogen-bond acceptors (Lipinski definition) is 6. The van der Waals surface area contributed by atoms with Gasteiger partial charge in [-0.3, -0.25) is 4.79 Å². The van der Waals surface area contributed by atoms with Crippen molar-refractivity contribution in [1.29, 1.82) is 0 Å². The number of nitrogens with one attached hydrogen (secondary N) is 1. The van der Waals surface area contributed by atoms with Gasteiger partial charge in [0.05, 0.1) is 24.5 Å². The van der Waals surface area contributed by atoms with Crippen LogP contribution < -0.4 is 10.1 Å². The lowest BCUT2D eigenvalue weighted by atomic mass is 10.1. The molecule has 0 unspecified atom stereocenters. The number of sulfone groups is 1. The highest BCUT2D eigenvalue weighted by Crippen LogP contribution is 2.25. The number of nitrogens with zero attached hydrogens (tertiary/aromatic N) is 1. The van der Waals surface area contributed by atoms with E-state index in [4.69, 9.17) is 4.74 Å². The fraction of sp³-hybridized carbons (Fsp3) is 0.375. The van der Waals surface area contributed by atoms with E-state index in [1.54, 1.807) is 13.3 Å². The Balaban J connectivity index is 1.62. The minimum absolute atomic E-state index is 0.0686. The van der Waals surface area contributed by atoms with Gasteiger partial charge in [0.1, 0.15) is 5.75 Å². The number of benzene rings is 1. The SMILES string of the molecule is COc1cccc(Cc2cnc(NC(=O)[C@@H]3CCS(=O)(=O)C3)s2)c1. The number of aromatic nitrogens is 1. The summed E-state index contributed by atoms with van der Waals surface area (Å²) < 4.78 is 28.1. The monoisotopic (exact) mass is 366 g/mol. The van der Waals surface area contributed by atoms with Crippen molar-refractivity contribution >= 4 is 32.2 Å². The molecule has 6 nitrogen and oxygen atoms in total. The average molecular weight is 366 g/mol. The van der Waals surface area contributed by atoms with Gasteiger partial charge in [-0.2, -0.15) is 0 Å². The minimum atomic E-state index is -3.06. The third kappa shape index (κ3) is 4.12. The number of carbonyl (C=O) groups is 1. The minimum Gasteiger partial charge on any atom is -0.497 e. The van der Waals surface area contributed by atoms with Crippen LogP contribution in [0.25, 0.3) is 0 Å². The van der Waals surface area contributed by atoms with E-state index < -0.39 is 15.8 Å². The Morgan fingerprint density at radius 3 is 3.00 bits per heavy atom. The molecule has 2 aromatic rings. The smallest absolute Gasteiger partial charge is 0.230 e. The van der Waals surface area contributed by atoms with Crippen molar-refractivity contribution in [3.8, 4) is 5.75 Å². The number of amides is 1. The van der Waals surface area contributed by atoms with Crippen LogP contribution in [0.5, 0.6) is 5.75 Å². The van der Waals surface area contributed by atoms with E-state index >= 15 is 0 Å². The molecule has 1 aromatic carbocycles. The molecule has 1 N–H and O–H groups in total. The first kappa shape index (κ1) is 16.9. The van der Waals surface area contributed by atoms with Gasteiger partial charge in [-0.05, 0) is 24.1 Å². The number of methoxy groups -OCH3 is 1. The molecule has 1 amide bonds. The average Bonchev–Trinajstić information content (AvgIpc) is 3.13. The second-order valence-electron chi connectivity index (χ2n) is 5.75. The molecule has 24 heavy (non-hydrogen) atoms. The summed E-state index contributed by atoms with van der Waals surface area (Å²) in [5, 5.41) is 3.23. The zero-order valence-electron chi connectivity index (χ0n) is 13.2. The molecule has 1 atom stereocenters. The summed E-state index contributed by atoms with van der Waals surface area (Å²) in [6.45, 7) is 0. The highest BCUT2D eigenvalue weighted by Gasteiger charge is 2.33. The predicted octanol–water partition coefficient (Wildman–Crippen LogP) is 2.12. The molecule has 1 aliphatic heterocycles. The Labute approximate surface area is 144 Å². The number of thiazole rings is 1. The number of ether oxygens (including phenoxy) is 1. The zero-order chi connectivity index (χ0) is 17.2. The first-order chi connectivity index (χ1) is 11.4. The molecule has 0 aliphatic carbocycles. The fourth-order valence-corrected chi connectivity index (χ4v) is 5.23. The van der Waals surface area contributed by atoms with Crippen molar-refractivity contribution in [3.63, 3.8) is 0 Å². The van der Waals surface area contributed by atoms with E-state index in [0.29, 0.717) is 18.0 Å². The number of hydrogen-bond donors (Lipinski definition) is 1. The number of carbonyl (C=O) groups excluding carboxylic acids is 1. The molecule has 1 fully saturated rings. The van der Waals surface area contributed by atoms with Gasteiger partial charge in [-0.1, -0.05) is 12.1 Å². The van der Waals surface area contributed by atoms with Crippen LogP contribution in [0.3, 0.4) is 0 Å². The van der Waals surface area contributed by atoms with Gasteiger partial charge in [0.2, 0.25) is 5.91 Å². The Morgan fingerprint density at radius 2 is 2.29 bits per heavy atom. The van der Waals surface area contributed by atoms with Gasteiger partial charge in [0, 0.05) is 17.5 Å². The first-order valence-corrected chi connectivity index (χ1v) is 10.2. The molecular formula is C16H18N2O4S2. The second kappa shape index (κ2) is 6.90. The first-order valence-electron chi connectivity index (χ1n) is 7.54. The highest BCUT2D eigenvalue weighted by molar-refractivity contribution is 7.91. The van der Waals surface area contributed by atoms with Crippen LogP contribution in [-0.2, 0) is 21.1 Å². The lowest BCUT2D eigenvalue weighted by Crippen LogP contribution is -2.23. The molecule has 0 radical (unpaired) electrons. The normalized spacial score (nSPS) is 19.1. The topological polar surface area (TPSA) is 85.4 Å². The van der Waals surface area contributed by atoms with Crippen LogP contribution in [0, 0.1) is 5.92 Å². The largest absolute Gasteiger partial charge is 0.497 e. The van der Waals surface area contributed by atoms with E-state index in [2.05, 4.69) is 10.3 Å². The third-order valence-corrected chi connectivity index (χ3v) is 6.58. The van der Waals surface area contributed by atoms with Crippen LogP contribution >= 0.6 is 11.3 Å². The molecule has 0 spiro atoms. The lowest BCUT2D eigenvalue weighted by molar-refractivity contribution is -0.119. The van der Waals surface area contributed by atoms with Crippen LogP contribution in [0.15, 0.2) is 30.5 Å². The van der Waals surface area contributed by atoms with Crippen molar-refractivity contribution in [3.05, 3.63) is 40.9 Å². The van der Waals surface area contributed by atoms with Crippen molar-refractivity contribution in [1.82, 2.24) is 4.98 Å². The Kier molecular flexibility index (Phi) is 4.86. The Hall–Kier alpha value is -1.93. The Bertz CT molecular complexity index is 845. The Morgan fingerprint density at radius 1 is 1.46 bits per heavy atom. The maximum atomic E-state index is 12.1. The second-order valence-corrected chi connectivity index (χ2v) is 9.09. The molecule has 8 heteroatoms. The van der Waals surface area contributed by atoms with E-state index in [1.165, 1.54) is 11.3 Å². The van der Waals surface area contributed by atoms with Gasteiger partial charge < -0.3 is 10.1 Å². The lowest BCUT2D eigenvalue weighted by Gasteiger charge is -2.06. The molecule has 1 aliphatic rings. The molecule has 1 aromatic heterocycles. The number of anilines is 1. The van der Waals surface area contributed by atoms with Crippen molar-refractivity contribution in [2.75, 3.05) is 23.9 Å². The summed E-state index contributed by atoms with van der Waals surface area (Å²) in [7, 11) is -1.44. The maximum absolute atomic E-state index is 12.1. The quantitative estimate of drug-likeness (QED) is 0.876. The molecular weight excluding hydrogens is 348 g/mol. The van der Waals surface area contributed by atoms with Crippen molar-refractivity contribution in [2.45, 2.75) is 12.8 Å². The summed E-state index contributed by atoms with van der Waals surface area (Å²) in [4.78, 5) is 17.3. The van der Waals surface area contributed by atoms with E-state index in [9.17, 15) is 13.2 Å². The number of rotatable bonds is 5. The summed E-state index contributed by atoms with van der Waals surface area (Å²) >= 11 is 1.39. The third-order valence-electron chi connectivity index (χ3n) is 3.90. The van der Waals surface area contributed by atoms with Gasteiger partial charge in [-0.15, -0.1) is 11.3 Å². The predicted molar refractivity (Wildman–Crippen MR) is 93.3 cm³/mol. The highest BCUT2D eigenvalue weighted by atomic mass is 32.2. The van der Waals surface area contributed by atoms with Gasteiger partial charge in [0.15, 0.2) is 15.0 Å². The standard InChI is InChI=1S/C16H18N2O4S2/c1-22-13-4-2-3-11(7-13)8-14-9-17-16(23-14)18-15(19)12-5-6-24(20,21)10-12/h2-4,7,9,12H,5-6,8,10H2,1H3,(H,17,18,19)/t12-/m1/s1.